The van der Waals surface area contributed by atoms with Crippen molar-refractivity contribution in [2.75, 3.05) is 13.1 Å². The second-order valence-electron chi connectivity index (χ2n) is 8.39. The van der Waals surface area contributed by atoms with Crippen molar-refractivity contribution in [3.63, 3.8) is 0 Å². The highest BCUT2D eigenvalue weighted by Crippen LogP contribution is 2.33. The van der Waals surface area contributed by atoms with E-state index in [1.807, 2.05) is 27.7 Å². The fraction of sp³-hybridized carbons (Fsp3) is 0.333. The number of amides is 2. The van der Waals surface area contributed by atoms with Crippen molar-refractivity contribution < 1.29 is 58.7 Å². The van der Waals surface area contributed by atoms with Gasteiger partial charge in [-0.3, -0.25) is 19.2 Å². The first kappa shape index (κ1) is 41.9. The van der Waals surface area contributed by atoms with E-state index in [4.69, 9.17) is 11.6 Å². The number of Topliss-reactive ketones (excluding diaryl/α,β-unsaturated/α-hetero) is 2. The zero-order valence-electron chi connectivity index (χ0n) is 25.0. The lowest BCUT2D eigenvalue weighted by molar-refractivity contribution is -0.137. The molecule has 2 N–H and O–H groups in total. The Labute approximate surface area is 263 Å². The summed E-state index contributed by atoms with van der Waals surface area (Å²) >= 11 is 5.23. The van der Waals surface area contributed by atoms with Crippen LogP contribution in [-0.4, -0.2) is 48.8 Å². The maximum absolute atomic E-state index is 12.3. The molecule has 0 saturated heterocycles. The molecule has 0 atom stereocenters. The van der Waals surface area contributed by atoms with E-state index in [-0.39, 0.29) is 17.4 Å². The molecule has 0 aliphatic rings. The van der Waals surface area contributed by atoms with E-state index in [0.29, 0.717) is 28.5 Å². The minimum atomic E-state index is -5.24. The number of alkyl halides is 9. The molecule has 16 heteroatoms. The number of rotatable bonds is 6. The average Bonchev–Trinajstić information content (AvgIpc) is 2.98. The highest BCUT2D eigenvalue weighted by Gasteiger charge is 2.41. The van der Waals surface area contributed by atoms with Crippen LogP contribution in [0, 0.1) is 0 Å². The van der Waals surface area contributed by atoms with Gasteiger partial charge in [-0.15, -0.1) is 0 Å². The van der Waals surface area contributed by atoms with Crippen molar-refractivity contribution in [1.29, 1.82) is 0 Å². The van der Waals surface area contributed by atoms with E-state index in [1.165, 1.54) is 19.1 Å². The first-order valence-electron chi connectivity index (χ1n) is 13.3. The molecule has 0 aromatic heterocycles. The van der Waals surface area contributed by atoms with Crippen LogP contribution in [0.15, 0.2) is 54.6 Å². The van der Waals surface area contributed by atoms with E-state index in [2.05, 4.69) is 5.32 Å². The zero-order chi connectivity index (χ0) is 36.0. The zero-order valence-corrected chi connectivity index (χ0v) is 25.8. The number of hydrogen-bond acceptors (Lipinski definition) is 4. The normalized spacial score (nSPS) is 11.0. The molecule has 0 spiro atoms. The molecule has 3 aromatic carbocycles. The summed E-state index contributed by atoms with van der Waals surface area (Å²) in [4.78, 5) is 46.0. The van der Waals surface area contributed by atoms with Gasteiger partial charge in [-0.1, -0.05) is 63.6 Å². The highest BCUT2D eigenvalue weighted by atomic mass is 35.5. The van der Waals surface area contributed by atoms with Crippen LogP contribution in [0.1, 0.15) is 71.3 Å². The number of benzene rings is 3. The minimum Gasteiger partial charge on any atom is -0.345 e. The molecule has 0 aliphatic heterocycles. The lowest BCUT2D eigenvalue weighted by Crippen LogP contribution is -2.40. The molecule has 0 aliphatic carbocycles. The van der Waals surface area contributed by atoms with Crippen molar-refractivity contribution in [2.45, 2.75) is 53.1 Å². The molecular formula is C30H30ClF9N2O4. The molecule has 0 bridgehead atoms. The second-order valence-corrected chi connectivity index (χ2v) is 8.83. The molecular weight excluding hydrogens is 659 g/mol. The molecule has 0 radical (unpaired) electrons. The van der Waals surface area contributed by atoms with Crippen molar-refractivity contribution in [1.82, 2.24) is 10.6 Å². The Morgan fingerprint density at radius 2 is 1.22 bits per heavy atom. The first-order valence-corrected chi connectivity index (χ1v) is 13.7. The Kier molecular flexibility index (Phi) is 16.5. The Hall–Kier alpha value is -4.14. The highest BCUT2D eigenvalue weighted by molar-refractivity contribution is 6.31. The Morgan fingerprint density at radius 1 is 0.717 bits per heavy atom. The summed E-state index contributed by atoms with van der Waals surface area (Å²) in [5, 5.41) is 4.45. The quantitative estimate of drug-likeness (QED) is 0.200. The van der Waals surface area contributed by atoms with E-state index in [0.717, 1.165) is 0 Å². The van der Waals surface area contributed by atoms with Gasteiger partial charge in [0.1, 0.15) is 6.54 Å². The fourth-order valence-corrected chi connectivity index (χ4v) is 3.60. The monoisotopic (exact) mass is 688 g/mol. The predicted octanol–water partition coefficient (Wildman–Crippen LogP) is 8.61. The molecule has 2 amide bonds. The third-order valence-corrected chi connectivity index (χ3v) is 5.41. The van der Waals surface area contributed by atoms with Gasteiger partial charge < -0.3 is 10.6 Å². The lowest BCUT2D eigenvalue weighted by atomic mass is 9.97. The maximum atomic E-state index is 12.3. The third-order valence-electron chi connectivity index (χ3n) is 5.19. The van der Waals surface area contributed by atoms with Gasteiger partial charge in [-0.05, 0) is 48.0 Å². The van der Waals surface area contributed by atoms with Gasteiger partial charge in [0.15, 0.2) is 5.78 Å². The van der Waals surface area contributed by atoms with Crippen LogP contribution in [-0.2, 0) is 11.0 Å². The number of fused-ring (bicyclic) bond motifs is 1. The molecule has 46 heavy (non-hydrogen) atoms. The van der Waals surface area contributed by atoms with Crippen LogP contribution < -0.4 is 10.6 Å². The van der Waals surface area contributed by atoms with E-state index < -0.39 is 65.4 Å². The fourth-order valence-electron chi connectivity index (χ4n) is 3.37. The van der Waals surface area contributed by atoms with Gasteiger partial charge in [-0.25, -0.2) is 0 Å². The summed E-state index contributed by atoms with van der Waals surface area (Å²) < 4.78 is 109. The van der Waals surface area contributed by atoms with Crippen LogP contribution in [0.4, 0.5) is 39.5 Å². The van der Waals surface area contributed by atoms with Crippen molar-refractivity contribution >= 4 is 45.8 Å². The number of halogens is 10. The summed E-state index contributed by atoms with van der Waals surface area (Å²) in [6, 6.07) is 10.8. The van der Waals surface area contributed by atoms with Crippen LogP contribution in [0.2, 0.25) is 5.02 Å². The van der Waals surface area contributed by atoms with Crippen LogP contribution in [0.3, 0.4) is 0 Å². The Balaban J connectivity index is 0.000000841. The number of ketones is 2. The van der Waals surface area contributed by atoms with Crippen molar-refractivity contribution in [3.05, 3.63) is 81.9 Å². The minimum absolute atomic E-state index is 0.113. The summed E-state index contributed by atoms with van der Waals surface area (Å²) in [5.74, 6) is -4.09. The maximum Gasteiger partial charge on any atom is 0.454 e. The standard InChI is InChI=1S/C17H15F3N2O3.C9H3ClF6O.2C2H6/c1-10(23)11-6-7-14(13-5-3-2-4-12(11)13)16(25)21-8-15(24)22-9-17(18,19)20;10-6-2-4(7(17)9(14,15)16)1-5(3-6)8(11,12)13;2*1-2/h2-7H,8-9H2,1H3,(H,21,25)(H,22,24);1-3H;2*1-2H3. The van der Waals surface area contributed by atoms with Gasteiger partial charge in [0.2, 0.25) is 5.91 Å². The third kappa shape index (κ3) is 13.5. The average molecular weight is 689 g/mol. The number of nitrogens with one attached hydrogen (secondary N) is 2. The molecule has 0 fully saturated rings. The summed E-state index contributed by atoms with van der Waals surface area (Å²) in [6.07, 6.45) is -14.6. The van der Waals surface area contributed by atoms with Crippen LogP contribution >= 0.6 is 11.6 Å². The number of carbonyl (C=O) groups excluding carboxylic acids is 4. The second kappa shape index (κ2) is 18.1. The molecule has 3 rings (SSSR count). The SMILES string of the molecule is CC.CC.CC(=O)c1ccc(C(=O)NCC(=O)NCC(F)(F)F)c2ccccc12.O=C(c1cc(Cl)cc(C(F)(F)F)c1)C(F)(F)F. The van der Waals surface area contributed by atoms with Crippen molar-refractivity contribution in [2.24, 2.45) is 0 Å². The topological polar surface area (TPSA) is 92.3 Å². The summed E-state index contributed by atoms with van der Waals surface area (Å²) in [5.41, 5.74) is -1.87. The predicted molar refractivity (Wildman–Crippen MR) is 155 cm³/mol. The van der Waals surface area contributed by atoms with E-state index in [1.54, 1.807) is 29.6 Å². The molecule has 0 unspecified atom stereocenters. The van der Waals surface area contributed by atoms with E-state index >= 15 is 0 Å². The molecule has 0 saturated carbocycles. The molecule has 0 heterocycles. The number of carbonyl (C=O) groups is 4. The lowest BCUT2D eigenvalue weighted by Gasteiger charge is -2.11. The summed E-state index contributed by atoms with van der Waals surface area (Å²) in [6.45, 7) is 7.36. The van der Waals surface area contributed by atoms with Gasteiger partial charge in [-0.2, -0.15) is 39.5 Å². The largest absolute Gasteiger partial charge is 0.454 e. The van der Waals surface area contributed by atoms with Gasteiger partial charge >= 0.3 is 18.5 Å². The molecule has 6 nitrogen and oxygen atoms in total. The molecule has 3 aromatic rings. The molecule has 254 valence electrons. The number of hydrogen-bond donors (Lipinski definition) is 2. The van der Waals surface area contributed by atoms with Crippen LogP contribution in [0.5, 0.6) is 0 Å². The van der Waals surface area contributed by atoms with Gasteiger partial charge in [0, 0.05) is 21.7 Å². The van der Waals surface area contributed by atoms with Crippen molar-refractivity contribution in [3.8, 4) is 0 Å². The Bertz CT molecular complexity index is 1500. The van der Waals surface area contributed by atoms with Gasteiger partial charge in [0.25, 0.3) is 11.7 Å². The van der Waals surface area contributed by atoms with E-state index in [9.17, 15) is 58.7 Å². The van der Waals surface area contributed by atoms with Gasteiger partial charge in [0.05, 0.1) is 12.1 Å². The van der Waals surface area contributed by atoms with Crippen LogP contribution in [0.25, 0.3) is 10.8 Å². The Morgan fingerprint density at radius 3 is 1.67 bits per heavy atom. The first-order chi connectivity index (χ1) is 21.2. The summed E-state index contributed by atoms with van der Waals surface area (Å²) in [7, 11) is 0. The smallest absolute Gasteiger partial charge is 0.345 e.